The molecule has 1 fully saturated rings. The molecule has 1 nitrogen and oxygen atoms in total. The highest BCUT2D eigenvalue weighted by molar-refractivity contribution is 5.43. The summed E-state index contributed by atoms with van der Waals surface area (Å²) in [4.78, 5) is 2.76. The predicted octanol–water partition coefficient (Wildman–Crippen LogP) is 6.36. The molecular formula is C25H39N. The molecule has 0 spiro atoms. The van der Waals surface area contributed by atoms with Crippen LogP contribution in [0.5, 0.6) is 0 Å². The first-order valence-corrected chi connectivity index (χ1v) is 10.9. The van der Waals surface area contributed by atoms with Crippen LogP contribution in [0, 0.1) is 17.8 Å². The van der Waals surface area contributed by atoms with E-state index >= 15 is 0 Å². The number of piperidine rings is 1. The summed E-state index contributed by atoms with van der Waals surface area (Å²) < 4.78 is 0. The second-order valence-electron chi connectivity index (χ2n) is 9.56. The zero-order chi connectivity index (χ0) is 18.8. The Kier molecular flexibility index (Phi) is 6.28. The predicted molar refractivity (Wildman–Crippen MR) is 114 cm³/mol. The molecule has 1 aromatic rings. The van der Waals surface area contributed by atoms with E-state index in [9.17, 15) is 0 Å². The highest BCUT2D eigenvalue weighted by Gasteiger charge is 2.35. The van der Waals surface area contributed by atoms with Crippen molar-refractivity contribution >= 4 is 0 Å². The second kappa shape index (κ2) is 8.30. The van der Waals surface area contributed by atoms with Crippen LogP contribution in [0.4, 0.5) is 0 Å². The largest absolute Gasteiger partial charge is 0.295 e. The minimum atomic E-state index is 0.583. The number of nitrogens with zero attached hydrogens (tertiary/aromatic N) is 1. The Balaban J connectivity index is 1.84. The van der Waals surface area contributed by atoms with Crippen LogP contribution >= 0.6 is 0 Å². The minimum Gasteiger partial charge on any atom is -0.295 e. The highest BCUT2D eigenvalue weighted by Crippen LogP contribution is 2.42. The van der Waals surface area contributed by atoms with Gasteiger partial charge in [0, 0.05) is 19.1 Å². The van der Waals surface area contributed by atoms with Crippen LogP contribution < -0.4 is 0 Å². The Morgan fingerprint density at radius 3 is 2.54 bits per heavy atom. The van der Waals surface area contributed by atoms with Crippen LogP contribution in [0.15, 0.2) is 24.3 Å². The fourth-order valence-corrected chi connectivity index (χ4v) is 5.00. The molecule has 2 aliphatic rings. The zero-order valence-electron chi connectivity index (χ0n) is 17.8. The van der Waals surface area contributed by atoms with Crippen molar-refractivity contribution in [3.05, 3.63) is 46.5 Å². The van der Waals surface area contributed by atoms with E-state index in [2.05, 4.69) is 58.2 Å². The molecule has 0 bridgehead atoms. The number of rotatable bonds is 6. The topological polar surface area (TPSA) is 3.24 Å². The molecule has 2 atom stereocenters. The van der Waals surface area contributed by atoms with Gasteiger partial charge in [-0.3, -0.25) is 4.90 Å². The molecule has 0 aliphatic carbocycles. The molecule has 0 aromatic heterocycles. The summed E-state index contributed by atoms with van der Waals surface area (Å²) in [5, 5.41) is 0. The van der Waals surface area contributed by atoms with Gasteiger partial charge in [-0.25, -0.2) is 0 Å². The van der Waals surface area contributed by atoms with Gasteiger partial charge in [0.25, 0.3) is 0 Å². The fourth-order valence-electron chi connectivity index (χ4n) is 5.00. The number of hydrogen-bond acceptors (Lipinski definition) is 1. The van der Waals surface area contributed by atoms with Crippen molar-refractivity contribution in [2.45, 2.75) is 79.2 Å². The van der Waals surface area contributed by atoms with E-state index in [1.165, 1.54) is 50.8 Å². The van der Waals surface area contributed by atoms with Crippen molar-refractivity contribution in [3.8, 4) is 0 Å². The summed E-state index contributed by atoms with van der Waals surface area (Å²) in [6.07, 6.45) is 7.39. The van der Waals surface area contributed by atoms with Gasteiger partial charge in [-0.05, 0) is 78.5 Å². The standard InChI is InChI=1S/C25H39N/c1-7-20-15-24-22(14-21(20)9-8-17(2)3)10-11-26-16-23(12-18(4)5)19(6)13-25(24)26/h14-15,17-18,23,25H,6-13,16H2,1-5H3. The third-order valence-corrected chi connectivity index (χ3v) is 6.55. The van der Waals surface area contributed by atoms with Gasteiger partial charge in [0.15, 0.2) is 0 Å². The summed E-state index contributed by atoms with van der Waals surface area (Å²) in [7, 11) is 0. The number of fused-ring (bicyclic) bond motifs is 3. The molecule has 26 heavy (non-hydrogen) atoms. The molecule has 1 saturated heterocycles. The summed E-state index contributed by atoms with van der Waals surface area (Å²) >= 11 is 0. The van der Waals surface area contributed by atoms with Crippen molar-refractivity contribution in [2.75, 3.05) is 13.1 Å². The normalized spacial score (nSPS) is 23.4. The third-order valence-electron chi connectivity index (χ3n) is 6.55. The lowest BCUT2D eigenvalue weighted by atomic mass is 9.77. The molecule has 0 N–H and O–H groups in total. The van der Waals surface area contributed by atoms with Gasteiger partial charge >= 0.3 is 0 Å². The molecule has 2 aliphatic heterocycles. The van der Waals surface area contributed by atoms with E-state index in [4.69, 9.17) is 0 Å². The van der Waals surface area contributed by atoms with Gasteiger partial charge in [-0.1, -0.05) is 58.9 Å². The van der Waals surface area contributed by atoms with Crippen LogP contribution in [0.2, 0.25) is 0 Å². The van der Waals surface area contributed by atoms with Crippen molar-refractivity contribution < 1.29 is 0 Å². The van der Waals surface area contributed by atoms with Crippen molar-refractivity contribution in [3.63, 3.8) is 0 Å². The van der Waals surface area contributed by atoms with Gasteiger partial charge in [-0.15, -0.1) is 0 Å². The third kappa shape index (κ3) is 4.25. The van der Waals surface area contributed by atoms with Crippen LogP contribution in [0.25, 0.3) is 0 Å². The molecular weight excluding hydrogens is 314 g/mol. The Morgan fingerprint density at radius 1 is 1.12 bits per heavy atom. The maximum atomic E-state index is 4.49. The molecule has 2 heterocycles. The van der Waals surface area contributed by atoms with Crippen LogP contribution in [0.3, 0.4) is 0 Å². The molecule has 2 unspecified atom stereocenters. The summed E-state index contributed by atoms with van der Waals surface area (Å²) in [6, 6.07) is 5.72. The fraction of sp³-hybridized carbons (Fsp3) is 0.680. The van der Waals surface area contributed by atoms with Gasteiger partial charge in [0.05, 0.1) is 0 Å². The molecule has 1 aromatic carbocycles. The summed E-state index contributed by atoms with van der Waals surface area (Å²) in [6.45, 7) is 18.6. The first kappa shape index (κ1) is 19.7. The van der Waals surface area contributed by atoms with Gasteiger partial charge in [-0.2, -0.15) is 0 Å². The second-order valence-corrected chi connectivity index (χ2v) is 9.56. The van der Waals surface area contributed by atoms with Crippen molar-refractivity contribution in [1.29, 1.82) is 0 Å². The van der Waals surface area contributed by atoms with Crippen molar-refractivity contribution in [1.82, 2.24) is 4.90 Å². The van der Waals surface area contributed by atoms with E-state index in [1.54, 1.807) is 22.3 Å². The number of benzene rings is 1. The summed E-state index contributed by atoms with van der Waals surface area (Å²) in [5.41, 5.74) is 7.93. The Hall–Kier alpha value is -1.08. The van der Waals surface area contributed by atoms with Gasteiger partial charge in [0.1, 0.15) is 0 Å². The maximum Gasteiger partial charge on any atom is 0.0388 e. The quantitative estimate of drug-likeness (QED) is 0.538. The lowest BCUT2D eigenvalue weighted by Gasteiger charge is -2.45. The van der Waals surface area contributed by atoms with E-state index in [0.29, 0.717) is 12.0 Å². The lowest BCUT2D eigenvalue weighted by molar-refractivity contribution is 0.124. The average molecular weight is 354 g/mol. The molecule has 3 rings (SSSR count). The van der Waals surface area contributed by atoms with Gasteiger partial charge in [0.2, 0.25) is 0 Å². The van der Waals surface area contributed by atoms with Gasteiger partial charge < -0.3 is 0 Å². The zero-order valence-corrected chi connectivity index (χ0v) is 17.8. The first-order valence-electron chi connectivity index (χ1n) is 10.9. The molecule has 144 valence electrons. The Morgan fingerprint density at radius 2 is 1.88 bits per heavy atom. The average Bonchev–Trinajstić information content (AvgIpc) is 2.59. The maximum absolute atomic E-state index is 4.49. The molecule has 0 saturated carbocycles. The van der Waals surface area contributed by atoms with Crippen LogP contribution in [0.1, 0.15) is 82.2 Å². The number of aryl methyl sites for hydroxylation is 2. The van der Waals surface area contributed by atoms with Crippen molar-refractivity contribution in [2.24, 2.45) is 17.8 Å². The summed E-state index contributed by atoms with van der Waals surface area (Å²) in [5.74, 6) is 2.25. The minimum absolute atomic E-state index is 0.583. The SMILES string of the molecule is C=C1CC2c3cc(CC)c(CCC(C)C)cc3CCN2CC1CC(C)C. The van der Waals surface area contributed by atoms with Crippen LogP contribution in [-0.4, -0.2) is 18.0 Å². The van der Waals surface area contributed by atoms with E-state index in [1.807, 2.05) is 0 Å². The Bertz CT molecular complexity index is 640. The van der Waals surface area contributed by atoms with E-state index < -0.39 is 0 Å². The molecule has 1 heteroatoms. The number of hydrogen-bond donors (Lipinski definition) is 0. The van der Waals surface area contributed by atoms with Crippen LogP contribution in [-0.2, 0) is 19.3 Å². The lowest BCUT2D eigenvalue weighted by Crippen LogP contribution is -2.43. The molecule has 0 amide bonds. The van der Waals surface area contributed by atoms with E-state index in [0.717, 1.165) is 18.3 Å². The Labute approximate surface area is 161 Å². The first-order chi connectivity index (χ1) is 12.4. The van der Waals surface area contributed by atoms with E-state index in [-0.39, 0.29) is 0 Å². The molecule has 0 radical (unpaired) electrons. The smallest absolute Gasteiger partial charge is 0.0388 e. The highest BCUT2D eigenvalue weighted by atomic mass is 15.2. The monoisotopic (exact) mass is 353 g/mol.